The number of carboxylic acids is 1. The zero-order valence-corrected chi connectivity index (χ0v) is 12.9. The standard InChI is InChI=1S/C17H17ClO3/c1-10(2)13-6-4-11(3)8-16(13)21-15-7-5-12(17(19)20)9-14(15)18/h4-10H,1-3H3,(H,19,20). The maximum absolute atomic E-state index is 10.9. The van der Waals surface area contributed by atoms with E-state index in [1.165, 1.54) is 12.1 Å². The molecule has 0 aromatic heterocycles. The zero-order chi connectivity index (χ0) is 15.6. The molecule has 0 aliphatic rings. The minimum absolute atomic E-state index is 0.140. The van der Waals surface area contributed by atoms with Gasteiger partial charge in [-0.05, 0) is 48.2 Å². The van der Waals surface area contributed by atoms with E-state index in [2.05, 4.69) is 13.8 Å². The molecule has 0 spiro atoms. The molecule has 0 atom stereocenters. The molecule has 1 N–H and O–H groups in total. The Balaban J connectivity index is 2.38. The number of aryl methyl sites for hydroxylation is 1. The van der Waals surface area contributed by atoms with E-state index in [9.17, 15) is 4.79 Å². The van der Waals surface area contributed by atoms with Crippen LogP contribution in [0.2, 0.25) is 5.02 Å². The molecule has 4 heteroatoms. The van der Waals surface area contributed by atoms with Crippen molar-refractivity contribution in [2.45, 2.75) is 26.7 Å². The van der Waals surface area contributed by atoms with Crippen LogP contribution in [0.3, 0.4) is 0 Å². The first-order valence-corrected chi connectivity index (χ1v) is 7.07. The number of carbonyl (C=O) groups is 1. The number of aromatic carboxylic acids is 1. The molecule has 2 aromatic rings. The van der Waals surface area contributed by atoms with Gasteiger partial charge < -0.3 is 9.84 Å². The van der Waals surface area contributed by atoms with Gasteiger partial charge >= 0.3 is 5.97 Å². The van der Waals surface area contributed by atoms with Crippen LogP contribution in [0.5, 0.6) is 11.5 Å². The molecule has 3 nitrogen and oxygen atoms in total. The number of carboxylic acid groups (broad SMARTS) is 1. The Labute approximate surface area is 129 Å². The smallest absolute Gasteiger partial charge is 0.335 e. The molecule has 0 fully saturated rings. The topological polar surface area (TPSA) is 46.5 Å². The second kappa shape index (κ2) is 6.19. The lowest BCUT2D eigenvalue weighted by Crippen LogP contribution is -1.98. The van der Waals surface area contributed by atoms with Crippen molar-refractivity contribution in [2.75, 3.05) is 0 Å². The highest BCUT2D eigenvalue weighted by Crippen LogP contribution is 2.35. The Bertz CT molecular complexity index is 678. The SMILES string of the molecule is Cc1ccc(C(C)C)c(Oc2ccc(C(=O)O)cc2Cl)c1. The summed E-state index contributed by atoms with van der Waals surface area (Å²) in [5.74, 6) is 0.503. The molecule has 0 saturated heterocycles. The van der Waals surface area contributed by atoms with Gasteiger partial charge in [-0.1, -0.05) is 37.6 Å². The number of halogens is 1. The van der Waals surface area contributed by atoms with E-state index in [-0.39, 0.29) is 10.6 Å². The molecule has 0 radical (unpaired) electrons. The third-order valence-electron chi connectivity index (χ3n) is 3.19. The lowest BCUT2D eigenvalue weighted by Gasteiger charge is -2.15. The third-order valence-corrected chi connectivity index (χ3v) is 3.49. The van der Waals surface area contributed by atoms with Crippen molar-refractivity contribution in [1.29, 1.82) is 0 Å². The van der Waals surface area contributed by atoms with Crippen LogP contribution in [0.15, 0.2) is 36.4 Å². The summed E-state index contributed by atoms with van der Waals surface area (Å²) in [6.07, 6.45) is 0. The zero-order valence-electron chi connectivity index (χ0n) is 12.2. The van der Waals surface area contributed by atoms with Gasteiger partial charge in [0.25, 0.3) is 0 Å². The molecule has 0 unspecified atom stereocenters. The Hall–Kier alpha value is -2.00. The predicted molar refractivity (Wildman–Crippen MR) is 83.8 cm³/mol. The molecule has 2 rings (SSSR count). The highest BCUT2D eigenvalue weighted by Gasteiger charge is 2.12. The number of ether oxygens (including phenoxy) is 1. The summed E-state index contributed by atoms with van der Waals surface area (Å²) in [5, 5.41) is 9.23. The van der Waals surface area contributed by atoms with E-state index < -0.39 is 5.97 Å². The second-order valence-electron chi connectivity index (χ2n) is 5.25. The minimum atomic E-state index is -1.01. The monoisotopic (exact) mass is 304 g/mol. The summed E-state index contributed by atoms with van der Waals surface area (Å²) >= 11 is 6.11. The van der Waals surface area contributed by atoms with E-state index in [0.717, 1.165) is 16.9 Å². The Kier molecular flexibility index (Phi) is 4.53. The molecule has 0 bridgehead atoms. The molecule has 0 heterocycles. The molecule has 0 amide bonds. The van der Waals surface area contributed by atoms with E-state index in [4.69, 9.17) is 21.4 Å². The molecule has 110 valence electrons. The van der Waals surface area contributed by atoms with Crippen LogP contribution in [-0.4, -0.2) is 11.1 Å². The molecular formula is C17H17ClO3. The summed E-state index contributed by atoms with van der Waals surface area (Å²) in [7, 11) is 0. The number of benzene rings is 2. The molecule has 0 saturated carbocycles. The van der Waals surface area contributed by atoms with Gasteiger partial charge in [-0.15, -0.1) is 0 Å². The van der Waals surface area contributed by atoms with Crippen molar-refractivity contribution in [3.05, 3.63) is 58.1 Å². The van der Waals surface area contributed by atoms with Crippen LogP contribution in [0, 0.1) is 6.92 Å². The normalized spacial score (nSPS) is 10.7. The highest BCUT2D eigenvalue weighted by molar-refractivity contribution is 6.32. The van der Waals surface area contributed by atoms with Crippen molar-refractivity contribution >= 4 is 17.6 Å². The van der Waals surface area contributed by atoms with Gasteiger partial charge in [0.15, 0.2) is 0 Å². The van der Waals surface area contributed by atoms with E-state index in [0.29, 0.717) is 11.7 Å². The largest absolute Gasteiger partial charge is 0.478 e. The lowest BCUT2D eigenvalue weighted by atomic mass is 10.0. The fourth-order valence-corrected chi connectivity index (χ4v) is 2.26. The number of hydrogen-bond acceptors (Lipinski definition) is 2. The highest BCUT2D eigenvalue weighted by atomic mass is 35.5. The van der Waals surface area contributed by atoms with Crippen LogP contribution >= 0.6 is 11.6 Å². The molecule has 21 heavy (non-hydrogen) atoms. The van der Waals surface area contributed by atoms with Gasteiger partial charge in [0.05, 0.1) is 10.6 Å². The lowest BCUT2D eigenvalue weighted by molar-refractivity contribution is 0.0697. The van der Waals surface area contributed by atoms with Gasteiger partial charge in [-0.2, -0.15) is 0 Å². The van der Waals surface area contributed by atoms with Crippen molar-refractivity contribution in [1.82, 2.24) is 0 Å². The van der Waals surface area contributed by atoms with Gasteiger partial charge in [0, 0.05) is 0 Å². The third kappa shape index (κ3) is 3.56. The average Bonchev–Trinajstić information content (AvgIpc) is 2.40. The Morgan fingerprint density at radius 1 is 1.14 bits per heavy atom. The van der Waals surface area contributed by atoms with Crippen LogP contribution in [0.4, 0.5) is 0 Å². The van der Waals surface area contributed by atoms with Gasteiger partial charge in [-0.25, -0.2) is 4.79 Å². The maximum Gasteiger partial charge on any atom is 0.335 e. The Morgan fingerprint density at radius 3 is 2.43 bits per heavy atom. The minimum Gasteiger partial charge on any atom is -0.478 e. The number of hydrogen-bond donors (Lipinski definition) is 1. The first-order chi connectivity index (χ1) is 9.88. The van der Waals surface area contributed by atoms with E-state index >= 15 is 0 Å². The fraction of sp³-hybridized carbons (Fsp3) is 0.235. The molecule has 2 aromatic carbocycles. The number of rotatable bonds is 4. The van der Waals surface area contributed by atoms with Crippen molar-refractivity contribution in [2.24, 2.45) is 0 Å². The molecular weight excluding hydrogens is 288 g/mol. The van der Waals surface area contributed by atoms with Crippen LogP contribution in [0.25, 0.3) is 0 Å². The van der Waals surface area contributed by atoms with Gasteiger partial charge in [0.1, 0.15) is 11.5 Å². The summed E-state index contributed by atoms with van der Waals surface area (Å²) in [4.78, 5) is 10.9. The fourth-order valence-electron chi connectivity index (χ4n) is 2.04. The quantitative estimate of drug-likeness (QED) is 0.837. The van der Waals surface area contributed by atoms with Crippen molar-refractivity contribution in [3.63, 3.8) is 0 Å². The molecule has 0 aliphatic carbocycles. The van der Waals surface area contributed by atoms with Gasteiger partial charge in [0.2, 0.25) is 0 Å². The first kappa shape index (κ1) is 15.4. The Morgan fingerprint density at radius 2 is 1.86 bits per heavy atom. The van der Waals surface area contributed by atoms with Crippen LogP contribution in [-0.2, 0) is 0 Å². The van der Waals surface area contributed by atoms with Crippen LogP contribution in [0.1, 0.15) is 41.3 Å². The molecule has 0 aliphatic heterocycles. The summed E-state index contributed by atoms with van der Waals surface area (Å²) in [6.45, 7) is 6.17. The first-order valence-electron chi connectivity index (χ1n) is 6.69. The predicted octanol–water partition coefficient (Wildman–Crippen LogP) is 5.26. The van der Waals surface area contributed by atoms with Crippen molar-refractivity contribution in [3.8, 4) is 11.5 Å². The van der Waals surface area contributed by atoms with Gasteiger partial charge in [-0.3, -0.25) is 0 Å². The summed E-state index contributed by atoms with van der Waals surface area (Å²) in [6, 6.07) is 10.5. The average molecular weight is 305 g/mol. The van der Waals surface area contributed by atoms with Crippen LogP contribution < -0.4 is 4.74 Å². The maximum atomic E-state index is 10.9. The summed E-state index contributed by atoms with van der Waals surface area (Å²) in [5.41, 5.74) is 2.31. The van der Waals surface area contributed by atoms with E-state index in [1.54, 1.807) is 6.07 Å². The van der Waals surface area contributed by atoms with E-state index in [1.807, 2.05) is 25.1 Å². The summed E-state index contributed by atoms with van der Waals surface area (Å²) < 4.78 is 5.89. The second-order valence-corrected chi connectivity index (χ2v) is 5.66. The van der Waals surface area contributed by atoms with Crippen molar-refractivity contribution < 1.29 is 14.6 Å².